The summed E-state index contributed by atoms with van der Waals surface area (Å²) in [7, 11) is 0. The van der Waals surface area contributed by atoms with E-state index in [2.05, 4.69) is 0 Å². The molecule has 0 aromatic rings. The van der Waals surface area contributed by atoms with E-state index in [1.807, 2.05) is 19.9 Å². The van der Waals surface area contributed by atoms with E-state index in [-0.39, 0.29) is 23.8 Å². The van der Waals surface area contributed by atoms with Gasteiger partial charge in [0.05, 0.1) is 12.2 Å². The van der Waals surface area contributed by atoms with Crippen molar-refractivity contribution in [2.45, 2.75) is 45.3 Å². The highest BCUT2D eigenvalue weighted by atomic mass is 16.5. The second-order valence-electron chi connectivity index (χ2n) is 4.96. The summed E-state index contributed by atoms with van der Waals surface area (Å²) in [6.07, 6.45) is 5.09. The lowest BCUT2D eigenvalue weighted by molar-refractivity contribution is -0.136. The molecule has 0 radical (unpaired) electrons. The number of nitrogens with zero attached hydrogens (tertiary/aromatic N) is 1. The van der Waals surface area contributed by atoms with Gasteiger partial charge in [-0.25, -0.2) is 0 Å². The van der Waals surface area contributed by atoms with Crippen LogP contribution < -0.4 is 0 Å². The number of hydrogen-bond donors (Lipinski definition) is 1. The second kappa shape index (κ2) is 5.00. The maximum Gasteiger partial charge on any atom is 0.272 e. The molecule has 0 aromatic heterocycles. The van der Waals surface area contributed by atoms with Crippen LogP contribution in [0, 0.1) is 5.41 Å². The van der Waals surface area contributed by atoms with Crippen molar-refractivity contribution in [3.05, 3.63) is 11.6 Å². The molecular formula is C13H20N2O2. The van der Waals surface area contributed by atoms with Gasteiger partial charge in [-0.2, -0.15) is 0 Å². The van der Waals surface area contributed by atoms with Crippen molar-refractivity contribution in [2.24, 2.45) is 0 Å². The zero-order chi connectivity index (χ0) is 12.4. The number of allylic oxidation sites excluding steroid dienone is 1. The Morgan fingerprint density at radius 3 is 2.59 bits per heavy atom. The SMILES string of the molecule is C[C@@H]1CN(C(=O)C(=N)C2=CCCC2)C[C@H](C)O1. The predicted octanol–water partition coefficient (Wildman–Crippen LogP) is 1.75. The minimum absolute atomic E-state index is 0.0630. The number of morpholine rings is 1. The molecule has 2 aliphatic rings. The van der Waals surface area contributed by atoms with E-state index in [9.17, 15) is 4.79 Å². The Labute approximate surface area is 102 Å². The number of carbonyl (C=O) groups excluding carboxylic acids is 1. The highest BCUT2D eigenvalue weighted by Crippen LogP contribution is 2.20. The molecule has 1 aliphatic carbocycles. The summed E-state index contributed by atoms with van der Waals surface area (Å²) < 4.78 is 5.59. The molecule has 1 aliphatic heterocycles. The summed E-state index contributed by atoms with van der Waals surface area (Å²) in [5, 5.41) is 7.96. The Hall–Kier alpha value is -1.16. The third kappa shape index (κ3) is 2.75. The molecule has 17 heavy (non-hydrogen) atoms. The Morgan fingerprint density at radius 1 is 1.41 bits per heavy atom. The lowest BCUT2D eigenvalue weighted by atomic mass is 10.1. The van der Waals surface area contributed by atoms with Crippen LogP contribution in [0.2, 0.25) is 0 Å². The van der Waals surface area contributed by atoms with E-state index in [1.54, 1.807) is 4.90 Å². The van der Waals surface area contributed by atoms with Gasteiger partial charge in [0.2, 0.25) is 0 Å². The van der Waals surface area contributed by atoms with Crippen LogP contribution in [0.3, 0.4) is 0 Å². The number of rotatable bonds is 2. The molecule has 2 atom stereocenters. The normalized spacial score (nSPS) is 29.1. The van der Waals surface area contributed by atoms with E-state index in [1.165, 1.54) is 0 Å². The predicted molar refractivity (Wildman–Crippen MR) is 66.2 cm³/mol. The lowest BCUT2D eigenvalue weighted by Crippen LogP contribution is -2.50. The molecule has 1 fully saturated rings. The first-order chi connectivity index (χ1) is 8.08. The van der Waals surface area contributed by atoms with Gasteiger partial charge < -0.3 is 9.64 Å². The van der Waals surface area contributed by atoms with Gasteiger partial charge in [-0.1, -0.05) is 6.08 Å². The number of hydrogen-bond acceptors (Lipinski definition) is 3. The molecule has 1 heterocycles. The molecule has 4 nitrogen and oxygen atoms in total. The molecule has 1 saturated heterocycles. The number of carbonyl (C=O) groups is 1. The van der Waals surface area contributed by atoms with E-state index in [4.69, 9.17) is 10.1 Å². The van der Waals surface area contributed by atoms with Gasteiger partial charge in [-0.15, -0.1) is 0 Å². The number of nitrogens with one attached hydrogen (secondary N) is 1. The largest absolute Gasteiger partial charge is 0.372 e. The maximum atomic E-state index is 12.2. The fraction of sp³-hybridized carbons (Fsp3) is 0.692. The molecule has 0 bridgehead atoms. The van der Waals surface area contributed by atoms with Crippen LogP contribution >= 0.6 is 0 Å². The van der Waals surface area contributed by atoms with Crippen LogP contribution in [0.4, 0.5) is 0 Å². The Balaban J connectivity index is 2.01. The van der Waals surface area contributed by atoms with Crippen molar-refractivity contribution in [1.82, 2.24) is 4.90 Å². The van der Waals surface area contributed by atoms with Gasteiger partial charge in [0.15, 0.2) is 0 Å². The lowest BCUT2D eigenvalue weighted by Gasteiger charge is -2.35. The van der Waals surface area contributed by atoms with Crippen LogP contribution in [-0.2, 0) is 9.53 Å². The third-order valence-electron chi connectivity index (χ3n) is 3.28. The van der Waals surface area contributed by atoms with Crippen LogP contribution in [0.1, 0.15) is 33.1 Å². The molecule has 1 N–H and O–H groups in total. The van der Waals surface area contributed by atoms with E-state index in [0.717, 1.165) is 24.8 Å². The van der Waals surface area contributed by atoms with Gasteiger partial charge >= 0.3 is 0 Å². The highest BCUT2D eigenvalue weighted by molar-refractivity contribution is 6.44. The smallest absolute Gasteiger partial charge is 0.272 e. The Morgan fingerprint density at radius 2 is 2.06 bits per heavy atom. The van der Waals surface area contributed by atoms with E-state index < -0.39 is 0 Å². The Bertz CT molecular complexity index is 352. The first-order valence-electron chi connectivity index (χ1n) is 6.30. The highest BCUT2D eigenvalue weighted by Gasteiger charge is 2.29. The molecule has 0 saturated carbocycles. The maximum absolute atomic E-state index is 12.2. The molecule has 0 aromatic carbocycles. The Kier molecular flexibility index (Phi) is 3.62. The molecule has 0 spiro atoms. The van der Waals surface area contributed by atoms with Gasteiger partial charge in [0, 0.05) is 13.1 Å². The summed E-state index contributed by atoms with van der Waals surface area (Å²) in [5.74, 6) is -0.139. The number of ether oxygens (including phenoxy) is 1. The van der Waals surface area contributed by atoms with E-state index in [0.29, 0.717) is 13.1 Å². The van der Waals surface area contributed by atoms with Crippen molar-refractivity contribution in [3.63, 3.8) is 0 Å². The van der Waals surface area contributed by atoms with Gasteiger partial charge in [-0.3, -0.25) is 10.2 Å². The topological polar surface area (TPSA) is 53.4 Å². The zero-order valence-corrected chi connectivity index (χ0v) is 10.5. The first kappa shape index (κ1) is 12.3. The fourth-order valence-corrected chi connectivity index (χ4v) is 2.54. The summed E-state index contributed by atoms with van der Waals surface area (Å²) >= 11 is 0. The van der Waals surface area contributed by atoms with Crippen molar-refractivity contribution in [1.29, 1.82) is 5.41 Å². The summed E-state index contributed by atoms with van der Waals surface area (Å²) in [6, 6.07) is 0. The van der Waals surface area contributed by atoms with E-state index >= 15 is 0 Å². The monoisotopic (exact) mass is 236 g/mol. The molecular weight excluding hydrogens is 216 g/mol. The average Bonchev–Trinajstić information content (AvgIpc) is 2.79. The number of amides is 1. The molecule has 1 amide bonds. The average molecular weight is 236 g/mol. The minimum atomic E-state index is -0.139. The molecule has 0 unspecified atom stereocenters. The summed E-state index contributed by atoms with van der Waals surface area (Å²) in [4.78, 5) is 13.9. The van der Waals surface area contributed by atoms with Crippen LogP contribution in [0.5, 0.6) is 0 Å². The van der Waals surface area contributed by atoms with Crippen molar-refractivity contribution in [3.8, 4) is 0 Å². The first-order valence-corrected chi connectivity index (χ1v) is 6.30. The van der Waals surface area contributed by atoms with Gasteiger partial charge in [0.1, 0.15) is 5.71 Å². The van der Waals surface area contributed by atoms with Crippen LogP contribution in [0.15, 0.2) is 11.6 Å². The van der Waals surface area contributed by atoms with Gasteiger partial charge in [-0.05, 0) is 38.7 Å². The fourth-order valence-electron chi connectivity index (χ4n) is 2.54. The van der Waals surface area contributed by atoms with Gasteiger partial charge in [0.25, 0.3) is 5.91 Å². The second-order valence-corrected chi connectivity index (χ2v) is 4.96. The standard InChI is InChI=1S/C13H20N2O2/c1-9-7-15(8-10(2)17-9)13(16)12(14)11-5-3-4-6-11/h5,9-10,14H,3-4,6-8H2,1-2H3/t9-,10+. The third-order valence-corrected chi connectivity index (χ3v) is 3.28. The van der Waals surface area contributed by atoms with Crippen LogP contribution in [0.25, 0.3) is 0 Å². The summed E-state index contributed by atoms with van der Waals surface area (Å²) in [5.41, 5.74) is 1.10. The van der Waals surface area contributed by atoms with Crippen LogP contribution in [-0.4, -0.2) is 41.8 Å². The van der Waals surface area contributed by atoms with Crippen molar-refractivity contribution < 1.29 is 9.53 Å². The summed E-state index contributed by atoms with van der Waals surface area (Å²) in [6.45, 7) is 5.13. The molecule has 94 valence electrons. The molecule has 2 rings (SSSR count). The zero-order valence-electron chi connectivity index (χ0n) is 10.5. The van der Waals surface area contributed by atoms with Crippen molar-refractivity contribution >= 4 is 11.6 Å². The van der Waals surface area contributed by atoms with Crippen molar-refractivity contribution in [2.75, 3.05) is 13.1 Å². The molecule has 4 heteroatoms. The quantitative estimate of drug-likeness (QED) is 0.743. The minimum Gasteiger partial charge on any atom is -0.372 e.